The zero-order valence-electron chi connectivity index (χ0n) is 46.4. The first-order valence-corrected chi connectivity index (χ1v) is 27.6. The number of piperazine rings is 2. The van der Waals surface area contributed by atoms with E-state index in [1.807, 2.05) is 59.7 Å². The molecule has 27 heteroatoms. The lowest BCUT2D eigenvalue weighted by molar-refractivity contribution is -0.137. The van der Waals surface area contributed by atoms with Crippen molar-refractivity contribution in [1.82, 2.24) is 54.7 Å². The quantitative estimate of drug-likeness (QED) is 0.0221. The van der Waals surface area contributed by atoms with Gasteiger partial charge in [-0.25, -0.2) is 14.2 Å². The standard InChI is InChI=1S/C55H70N20O7/c1-5-32(3)46(74-30-35(66-68-74)9-7-17-60-51(56)57)48(78)70-19-23-72(24-20-70)54-63-53(62-34-11-14-39(42(27-34)50(80)81)45-40-15-12-37(76)28-43(40)82-44-29-38(77)13-16-41(44)45)64-55(65-54)73-25-21-71(22-26-73)49(79)47(33(4)6-2)75-31-36(67-69-75)10-8-18-61-52(58)59/h11-16,27-33,46-47,76H,5-10,17-26H2,1-4H3,(H,80,81)(H4,56,57,60)(H4,58,59,61)(H,62,63,64,65)/t32-,33-,46-,47-/m0/s1. The van der Waals surface area contributed by atoms with Gasteiger partial charge >= 0.3 is 5.97 Å². The number of fused-ring (bicyclic) bond motifs is 2. The summed E-state index contributed by atoms with van der Waals surface area (Å²) < 4.78 is 9.36. The van der Waals surface area contributed by atoms with Crippen LogP contribution < -0.4 is 43.5 Å². The molecule has 0 radical (unpaired) electrons. The number of aryl methyl sites for hydroxylation is 2. The molecule has 2 fully saturated rings. The lowest BCUT2D eigenvalue weighted by Gasteiger charge is -2.38. The second-order valence-electron chi connectivity index (χ2n) is 20.8. The molecule has 0 spiro atoms. The number of nitrogens with one attached hydrogen (secondary N) is 1. The number of aromatic nitrogens is 9. The SMILES string of the molecule is CC[C@H](C)[C@@H](C(=O)N1CCN(c2nc(Nc3ccc(-c4c5ccc(=O)cc-5oc5cc(O)ccc45)c(C(=O)O)c3)nc(N3CCN(C(=O)[C@H]([C@@H](C)CC)n4cc(CCCN=C(N)N)nn4)CC3)n2)CC1)n1cc(CCCN=C(N)N)nn1. The molecule has 4 aliphatic rings. The van der Waals surface area contributed by atoms with Crippen molar-refractivity contribution in [3.63, 3.8) is 0 Å². The molecule has 0 saturated carbocycles. The van der Waals surface area contributed by atoms with Crippen LogP contribution in [0.5, 0.6) is 5.75 Å². The van der Waals surface area contributed by atoms with Crippen molar-refractivity contribution >= 4 is 64.2 Å². The number of hydrogen-bond donors (Lipinski definition) is 7. The van der Waals surface area contributed by atoms with E-state index in [0.29, 0.717) is 131 Å². The smallest absolute Gasteiger partial charge is 0.336 e. The van der Waals surface area contributed by atoms with E-state index in [2.05, 4.69) is 35.9 Å². The first-order chi connectivity index (χ1) is 39.5. The van der Waals surface area contributed by atoms with Crippen molar-refractivity contribution in [3.8, 4) is 28.2 Å². The van der Waals surface area contributed by atoms with Gasteiger partial charge in [-0.3, -0.25) is 24.4 Å². The Labute approximate surface area is 472 Å². The highest BCUT2D eigenvalue weighted by molar-refractivity contribution is 6.08. The van der Waals surface area contributed by atoms with Gasteiger partial charge in [-0.05, 0) is 79.5 Å². The molecule has 82 heavy (non-hydrogen) atoms. The topological polar surface area (TPSA) is 376 Å². The lowest BCUT2D eigenvalue weighted by Crippen LogP contribution is -2.52. The number of guanidine groups is 2. The van der Waals surface area contributed by atoms with Crippen LogP contribution in [0, 0.1) is 11.8 Å². The van der Waals surface area contributed by atoms with Gasteiger partial charge < -0.3 is 62.5 Å². The highest BCUT2D eigenvalue weighted by Gasteiger charge is 2.36. The molecule has 2 aromatic carbocycles. The lowest BCUT2D eigenvalue weighted by atomic mass is 9.90. The summed E-state index contributed by atoms with van der Waals surface area (Å²) in [5.41, 5.74) is 25.0. The van der Waals surface area contributed by atoms with E-state index in [-0.39, 0.29) is 69.6 Å². The van der Waals surface area contributed by atoms with E-state index in [0.717, 1.165) is 24.2 Å². The summed E-state index contributed by atoms with van der Waals surface area (Å²) in [6.45, 7) is 12.0. The molecule has 2 saturated heterocycles. The van der Waals surface area contributed by atoms with E-state index in [1.54, 1.807) is 33.6 Å². The van der Waals surface area contributed by atoms with Crippen molar-refractivity contribution in [3.05, 3.63) is 94.2 Å². The van der Waals surface area contributed by atoms with Crippen LogP contribution in [0.3, 0.4) is 0 Å². The van der Waals surface area contributed by atoms with Gasteiger partial charge in [0, 0.05) is 112 Å². The number of carbonyl (C=O) groups excluding carboxylic acids is 2. The van der Waals surface area contributed by atoms with E-state index in [4.69, 9.17) is 42.3 Å². The molecule has 11 N–H and O–H groups in total. The van der Waals surface area contributed by atoms with Crippen molar-refractivity contribution in [2.24, 2.45) is 44.8 Å². The molecule has 3 aliphatic heterocycles. The van der Waals surface area contributed by atoms with Crippen molar-refractivity contribution in [2.75, 3.05) is 80.6 Å². The Balaban J connectivity index is 0.984. The second kappa shape index (κ2) is 25.4. The molecule has 432 valence electrons. The zero-order valence-corrected chi connectivity index (χ0v) is 46.4. The number of carbonyl (C=O) groups is 3. The number of carboxylic acid groups (broad SMARTS) is 1. The minimum absolute atomic E-state index is 0.0256. The number of hydrogen-bond acceptors (Lipinski definition) is 18. The largest absolute Gasteiger partial charge is 0.508 e. The predicted octanol–water partition coefficient (Wildman–Crippen LogP) is 3.36. The number of nitrogens with two attached hydrogens (primary N) is 4. The molecule has 0 bridgehead atoms. The maximum absolute atomic E-state index is 14.5. The number of aromatic carboxylic acids is 1. The number of nitrogens with zero attached hydrogens (tertiary/aromatic N) is 15. The number of rotatable bonds is 22. The molecule has 3 aromatic heterocycles. The highest BCUT2D eigenvalue weighted by atomic mass is 16.4. The first kappa shape index (κ1) is 57.3. The number of carboxylic acids is 1. The number of aromatic hydroxyl groups is 1. The third kappa shape index (κ3) is 13.1. The van der Waals surface area contributed by atoms with Gasteiger partial charge in [-0.15, -0.1) is 10.2 Å². The molecule has 1 aliphatic carbocycles. The van der Waals surface area contributed by atoms with Gasteiger partial charge in [0.2, 0.25) is 29.7 Å². The number of aliphatic imine (C=N–C) groups is 2. The maximum atomic E-state index is 14.5. The van der Waals surface area contributed by atoms with Crippen molar-refractivity contribution in [2.45, 2.75) is 78.3 Å². The van der Waals surface area contributed by atoms with Gasteiger partial charge in [0.25, 0.3) is 0 Å². The van der Waals surface area contributed by atoms with Gasteiger partial charge in [0.15, 0.2) is 17.3 Å². The van der Waals surface area contributed by atoms with Crippen LogP contribution in [-0.4, -0.2) is 160 Å². The van der Waals surface area contributed by atoms with Crippen LogP contribution in [0.25, 0.3) is 33.4 Å². The molecule has 6 heterocycles. The Morgan fingerprint density at radius 2 is 1.21 bits per heavy atom. The summed E-state index contributed by atoms with van der Waals surface area (Å²) in [5, 5.41) is 42.5. The van der Waals surface area contributed by atoms with Crippen molar-refractivity contribution < 1.29 is 29.0 Å². The van der Waals surface area contributed by atoms with Crippen LogP contribution in [0.1, 0.15) is 87.2 Å². The molecule has 9 rings (SSSR count). The summed E-state index contributed by atoms with van der Waals surface area (Å²) >= 11 is 0. The Kier molecular flexibility index (Phi) is 17.7. The summed E-state index contributed by atoms with van der Waals surface area (Å²) in [7, 11) is 0. The van der Waals surface area contributed by atoms with Gasteiger partial charge in [0.05, 0.1) is 17.0 Å². The third-order valence-corrected chi connectivity index (χ3v) is 15.1. The first-order valence-electron chi connectivity index (χ1n) is 27.6. The Bertz CT molecular complexity index is 3370. The monoisotopic (exact) mass is 1120 g/mol. The number of anilines is 4. The number of benzene rings is 3. The molecule has 0 unspecified atom stereocenters. The van der Waals surface area contributed by atoms with Crippen LogP contribution in [0.15, 0.2) is 86.2 Å². The molecular formula is C55H70N20O7. The minimum Gasteiger partial charge on any atom is -0.508 e. The number of amides is 2. The van der Waals surface area contributed by atoms with Crippen molar-refractivity contribution in [1.29, 1.82) is 0 Å². The number of phenols is 1. The summed E-state index contributed by atoms with van der Waals surface area (Å²) in [6.07, 6.45) is 7.61. The average Bonchev–Trinajstić information content (AvgIpc) is 4.18. The van der Waals surface area contributed by atoms with Crippen LogP contribution >= 0.6 is 0 Å². The molecule has 4 atom stereocenters. The Morgan fingerprint density at radius 3 is 1.71 bits per heavy atom. The third-order valence-electron chi connectivity index (χ3n) is 15.1. The fourth-order valence-corrected chi connectivity index (χ4v) is 10.4. The number of phenolic OH excluding ortho intramolecular Hbond substituents is 1. The van der Waals surface area contributed by atoms with E-state index >= 15 is 0 Å². The van der Waals surface area contributed by atoms with Crippen LogP contribution in [0.2, 0.25) is 0 Å². The molecule has 27 nitrogen and oxygen atoms in total. The second-order valence-corrected chi connectivity index (χ2v) is 20.8. The van der Waals surface area contributed by atoms with Crippen LogP contribution in [-0.2, 0) is 22.4 Å². The molecule has 2 amide bonds. The summed E-state index contributed by atoms with van der Waals surface area (Å²) in [6, 6.07) is 12.5. The summed E-state index contributed by atoms with van der Waals surface area (Å²) in [4.78, 5) is 85.2. The van der Waals surface area contributed by atoms with Crippen LogP contribution in [0.4, 0.5) is 23.5 Å². The predicted molar refractivity (Wildman–Crippen MR) is 309 cm³/mol. The minimum atomic E-state index is -1.23. The Morgan fingerprint density at radius 1 is 0.683 bits per heavy atom. The van der Waals surface area contributed by atoms with E-state index in [1.165, 1.54) is 30.3 Å². The molecular weight excluding hydrogens is 1050 g/mol. The van der Waals surface area contributed by atoms with Gasteiger partial charge in [-0.1, -0.05) is 57.0 Å². The molecule has 5 aromatic rings. The average molecular weight is 1120 g/mol. The van der Waals surface area contributed by atoms with Gasteiger partial charge in [-0.2, -0.15) is 15.0 Å². The zero-order chi connectivity index (χ0) is 58.2. The fourth-order valence-electron chi connectivity index (χ4n) is 10.4. The van der Waals surface area contributed by atoms with Gasteiger partial charge in [0.1, 0.15) is 29.2 Å². The summed E-state index contributed by atoms with van der Waals surface area (Å²) in [5.74, 6) is -0.481. The highest BCUT2D eigenvalue weighted by Crippen LogP contribution is 2.43. The normalized spacial score (nSPS) is 15.3. The maximum Gasteiger partial charge on any atom is 0.336 e. The Hall–Kier alpha value is -9.43. The fraction of sp³-hybridized carbons (Fsp3) is 0.436. The van der Waals surface area contributed by atoms with E-state index < -0.39 is 18.1 Å². The van der Waals surface area contributed by atoms with E-state index in [9.17, 15) is 29.4 Å².